The Morgan fingerprint density at radius 1 is 1.14 bits per heavy atom. The maximum Gasteiger partial charge on any atom is 0.116 e. The van der Waals surface area contributed by atoms with Crippen molar-refractivity contribution < 1.29 is 5.11 Å². The summed E-state index contributed by atoms with van der Waals surface area (Å²) in [5.74, 6) is 1.12. The lowest BCUT2D eigenvalue weighted by atomic mass is 10.2. The van der Waals surface area contributed by atoms with E-state index in [0.29, 0.717) is 18.0 Å². The van der Waals surface area contributed by atoms with Crippen LogP contribution in [0.5, 0.6) is 5.75 Å². The quantitative estimate of drug-likeness (QED) is 0.727. The molecule has 5 heteroatoms. The van der Waals surface area contributed by atoms with Gasteiger partial charge in [0.25, 0.3) is 0 Å². The first-order chi connectivity index (χ1) is 10.1. The number of hydrogen-bond donors (Lipinski definition) is 2. The topological polar surface area (TPSA) is 64.1 Å². The zero-order valence-electron chi connectivity index (χ0n) is 11.4. The molecule has 0 saturated heterocycles. The van der Waals surface area contributed by atoms with Crippen molar-refractivity contribution in [1.82, 2.24) is 9.55 Å². The highest BCUT2D eigenvalue weighted by atomic mass is 32.1. The summed E-state index contributed by atoms with van der Waals surface area (Å²) in [6.45, 7) is 0.665. The van der Waals surface area contributed by atoms with E-state index < -0.39 is 0 Å². The second kappa shape index (κ2) is 5.54. The molecule has 3 rings (SSSR count). The van der Waals surface area contributed by atoms with Crippen LogP contribution in [-0.2, 0) is 13.0 Å². The number of fused-ring (bicyclic) bond motifs is 1. The molecule has 0 amide bonds. The van der Waals surface area contributed by atoms with Gasteiger partial charge in [-0.15, -0.1) is 0 Å². The number of hydrogen-bond acceptors (Lipinski definition) is 3. The molecule has 0 bridgehead atoms. The van der Waals surface area contributed by atoms with Crippen molar-refractivity contribution in [2.45, 2.75) is 13.0 Å². The minimum absolute atomic E-state index is 0.262. The number of benzene rings is 2. The molecule has 0 aliphatic heterocycles. The Morgan fingerprint density at radius 2 is 1.86 bits per heavy atom. The standard InChI is InChI=1S/C16H15N3OS/c17-15(21)9-16-18-13-3-1-2-4-14(13)19(16)10-11-5-7-12(20)8-6-11/h1-8,20H,9-10H2,(H2,17,21). The second-order valence-corrected chi connectivity index (χ2v) is 5.44. The van der Waals surface area contributed by atoms with E-state index in [-0.39, 0.29) is 5.75 Å². The van der Waals surface area contributed by atoms with Crippen LogP contribution in [0.1, 0.15) is 11.4 Å². The SMILES string of the molecule is NC(=S)Cc1nc2ccccc2n1Cc1ccc(O)cc1. The van der Waals surface area contributed by atoms with Crippen LogP contribution in [-0.4, -0.2) is 19.6 Å². The van der Waals surface area contributed by atoms with Crippen molar-refractivity contribution in [2.24, 2.45) is 5.73 Å². The second-order valence-electron chi connectivity index (χ2n) is 4.91. The zero-order valence-corrected chi connectivity index (χ0v) is 12.2. The van der Waals surface area contributed by atoms with Gasteiger partial charge in [0.15, 0.2) is 0 Å². The Hall–Kier alpha value is -2.40. The van der Waals surface area contributed by atoms with Crippen LogP contribution in [0, 0.1) is 0 Å². The smallest absolute Gasteiger partial charge is 0.116 e. The van der Waals surface area contributed by atoms with Gasteiger partial charge in [-0.1, -0.05) is 36.5 Å². The normalized spacial score (nSPS) is 10.9. The van der Waals surface area contributed by atoms with Crippen molar-refractivity contribution in [1.29, 1.82) is 0 Å². The summed E-state index contributed by atoms with van der Waals surface area (Å²) in [7, 11) is 0. The van der Waals surface area contributed by atoms with Gasteiger partial charge in [-0.05, 0) is 29.8 Å². The monoisotopic (exact) mass is 297 g/mol. The molecule has 0 unspecified atom stereocenters. The lowest BCUT2D eigenvalue weighted by Crippen LogP contribution is -2.15. The van der Waals surface area contributed by atoms with Crippen LogP contribution in [0.4, 0.5) is 0 Å². The number of imidazole rings is 1. The van der Waals surface area contributed by atoms with Gasteiger partial charge in [0.1, 0.15) is 11.6 Å². The van der Waals surface area contributed by atoms with Crippen LogP contribution >= 0.6 is 12.2 Å². The van der Waals surface area contributed by atoms with Gasteiger partial charge in [0, 0.05) is 6.54 Å². The van der Waals surface area contributed by atoms with Crippen molar-refractivity contribution in [3.63, 3.8) is 0 Å². The third-order valence-corrected chi connectivity index (χ3v) is 3.49. The molecule has 1 aromatic heterocycles. The minimum Gasteiger partial charge on any atom is -0.508 e. The number of nitrogens with two attached hydrogens (primary N) is 1. The molecule has 21 heavy (non-hydrogen) atoms. The van der Waals surface area contributed by atoms with E-state index in [9.17, 15) is 5.11 Å². The zero-order chi connectivity index (χ0) is 14.8. The third-order valence-electron chi connectivity index (χ3n) is 3.34. The van der Waals surface area contributed by atoms with Crippen molar-refractivity contribution in [2.75, 3.05) is 0 Å². The number of phenols is 1. The van der Waals surface area contributed by atoms with Gasteiger partial charge >= 0.3 is 0 Å². The molecular weight excluding hydrogens is 282 g/mol. The summed E-state index contributed by atoms with van der Waals surface area (Å²) < 4.78 is 2.11. The van der Waals surface area contributed by atoms with Crippen molar-refractivity contribution in [3.05, 3.63) is 59.9 Å². The number of para-hydroxylation sites is 2. The molecule has 0 saturated carbocycles. The number of aromatic nitrogens is 2. The van der Waals surface area contributed by atoms with Gasteiger partial charge < -0.3 is 15.4 Å². The molecule has 0 fully saturated rings. The third kappa shape index (κ3) is 2.87. The van der Waals surface area contributed by atoms with Crippen LogP contribution in [0.15, 0.2) is 48.5 Å². The number of phenolic OH excluding ortho intramolecular Hbond substituents is 1. The lowest BCUT2D eigenvalue weighted by Gasteiger charge is -2.09. The molecule has 0 aliphatic carbocycles. The minimum atomic E-state index is 0.262. The number of thiocarbonyl (C=S) groups is 1. The number of rotatable bonds is 4. The molecule has 1 heterocycles. The van der Waals surface area contributed by atoms with Crippen LogP contribution < -0.4 is 5.73 Å². The maximum atomic E-state index is 9.38. The summed E-state index contributed by atoms with van der Waals surface area (Å²) in [5.41, 5.74) is 8.74. The summed E-state index contributed by atoms with van der Waals surface area (Å²) in [4.78, 5) is 5.04. The van der Waals surface area contributed by atoms with E-state index in [4.69, 9.17) is 18.0 Å². The first kappa shape index (κ1) is 13.6. The summed E-state index contributed by atoms with van der Waals surface area (Å²) in [6.07, 6.45) is 0.474. The molecule has 3 aromatic rings. The highest BCUT2D eigenvalue weighted by molar-refractivity contribution is 7.80. The van der Waals surface area contributed by atoms with Crippen LogP contribution in [0.25, 0.3) is 11.0 Å². The first-order valence-electron chi connectivity index (χ1n) is 6.64. The molecule has 106 valence electrons. The number of nitrogens with zero attached hydrogens (tertiary/aromatic N) is 2. The Kier molecular flexibility index (Phi) is 3.58. The average Bonchev–Trinajstić information content (AvgIpc) is 2.78. The highest BCUT2D eigenvalue weighted by Crippen LogP contribution is 2.19. The van der Waals surface area contributed by atoms with Gasteiger partial charge in [0.2, 0.25) is 0 Å². The van der Waals surface area contributed by atoms with E-state index >= 15 is 0 Å². The number of aromatic hydroxyl groups is 1. The fraction of sp³-hybridized carbons (Fsp3) is 0.125. The van der Waals surface area contributed by atoms with Crippen LogP contribution in [0.3, 0.4) is 0 Å². The molecule has 0 spiro atoms. The Balaban J connectivity index is 2.05. The summed E-state index contributed by atoms with van der Waals surface area (Å²) >= 11 is 5.01. The maximum absolute atomic E-state index is 9.38. The largest absolute Gasteiger partial charge is 0.508 e. The van der Waals surface area contributed by atoms with Crippen LogP contribution in [0.2, 0.25) is 0 Å². The van der Waals surface area contributed by atoms with E-state index in [1.807, 2.05) is 36.4 Å². The fourth-order valence-corrected chi connectivity index (χ4v) is 2.51. The van der Waals surface area contributed by atoms with Crippen molar-refractivity contribution >= 4 is 28.2 Å². The van der Waals surface area contributed by atoms with Gasteiger partial charge in [0.05, 0.1) is 22.4 Å². The Morgan fingerprint density at radius 3 is 2.57 bits per heavy atom. The first-order valence-corrected chi connectivity index (χ1v) is 7.04. The molecule has 0 aliphatic rings. The van der Waals surface area contributed by atoms with Crippen molar-refractivity contribution in [3.8, 4) is 5.75 Å². The molecule has 2 aromatic carbocycles. The van der Waals surface area contributed by atoms with Gasteiger partial charge in [-0.2, -0.15) is 0 Å². The molecule has 3 N–H and O–H groups in total. The van der Waals surface area contributed by atoms with Gasteiger partial charge in [-0.25, -0.2) is 4.98 Å². The molecule has 4 nitrogen and oxygen atoms in total. The predicted octanol–water partition coefficient (Wildman–Crippen LogP) is 2.62. The Bertz CT molecular complexity index is 793. The molecular formula is C16H15N3OS. The van der Waals surface area contributed by atoms with E-state index in [0.717, 1.165) is 22.4 Å². The predicted molar refractivity (Wildman–Crippen MR) is 87.4 cm³/mol. The summed E-state index contributed by atoms with van der Waals surface area (Å²) in [6, 6.07) is 15.1. The lowest BCUT2D eigenvalue weighted by molar-refractivity contribution is 0.475. The van der Waals surface area contributed by atoms with E-state index in [2.05, 4.69) is 9.55 Å². The average molecular weight is 297 g/mol. The van der Waals surface area contributed by atoms with E-state index in [1.165, 1.54) is 0 Å². The molecule has 0 atom stereocenters. The fourth-order valence-electron chi connectivity index (χ4n) is 2.38. The highest BCUT2D eigenvalue weighted by Gasteiger charge is 2.11. The van der Waals surface area contributed by atoms with Gasteiger partial charge in [-0.3, -0.25) is 0 Å². The van der Waals surface area contributed by atoms with E-state index in [1.54, 1.807) is 12.1 Å². The Labute approximate surface area is 127 Å². The molecule has 0 radical (unpaired) electrons. The summed E-state index contributed by atoms with van der Waals surface area (Å²) in [5, 5.41) is 9.38.